The number of hydrogen-bond donors (Lipinski definition) is 1. The van der Waals surface area contributed by atoms with E-state index >= 15 is 0 Å². The number of nitrogens with zero attached hydrogens (tertiary/aromatic N) is 4. The zero-order valence-electron chi connectivity index (χ0n) is 15.3. The summed E-state index contributed by atoms with van der Waals surface area (Å²) in [6.45, 7) is 5.51. The lowest BCUT2D eigenvalue weighted by Gasteiger charge is -2.32. The number of piperidine rings is 1. The number of pyridine rings is 1. The van der Waals surface area contributed by atoms with E-state index in [-0.39, 0.29) is 17.9 Å². The molecule has 7 nitrogen and oxygen atoms in total. The molecule has 0 radical (unpaired) electrons. The lowest BCUT2D eigenvalue weighted by molar-refractivity contribution is -0.133. The van der Waals surface area contributed by atoms with Crippen molar-refractivity contribution in [2.24, 2.45) is 5.92 Å². The third-order valence-corrected chi connectivity index (χ3v) is 4.51. The maximum Gasteiger partial charge on any atom is 0.253 e. The van der Waals surface area contributed by atoms with E-state index in [2.05, 4.69) is 29.2 Å². The molecule has 0 unspecified atom stereocenters. The molecule has 2 aromatic heterocycles. The number of nitrogens with one attached hydrogen (secondary N) is 1. The monoisotopic (exact) mass is 355 g/mol. The van der Waals surface area contributed by atoms with Crippen molar-refractivity contribution in [3.8, 4) is 5.82 Å². The molecule has 138 valence electrons. The summed E-state index contributed by atoms with van der Waals surface area (Å²) in [6.07, 6.45) is 7.21. The van der Waals surface area contributed by atoms with Gasteiger partial charge in [-0.05, 0) is 37.0 Å². The van der Waals surface area contributed by atoms with Crippen LogP contribution in [0.15, 0.2) is 36.8 Å². The van der Waals surface area contributed by atoms with Gasteiger partial charge in [0.2, 0.25) is 5.91 Å². The van der Waals surface area contributed by atoms with Gasteiger partial charge in [-0.3, -0.25) is 9.59 Å². The van der Waals surface area contributed by atoms with Crippen LogP contribution in [-0.2, 0) is 4.79 Å². The second kappa shape index (κ2) is 8.12. The summed E-state index contributed by atoms with van der Waals surface area (Å²) in [5.41, 5.74) is 0.527. The summed E-state index contributed by atoms with van der Waals surface area (Å²) in [6, 6.07) is 5.44. The van der Waals surface area contributed by atoms with E-state index in [1.807, 2.05) is 11.0 Å². The third kappa shape index (κ3) is 4.47. The molecule has 1 aliphatic rings. The van der Waals surface area contributed by atoms with Crippen molar-refractivity contribution in [3.63, 3.8) is 0 Å². The lowest BCUT2D eigenvalue weighted by Crippen LogP contribution is -2.46. The Morgan fingerprint density at radius 3 is 2.62 bits per heavy atom. The fraction of sp³-hybridized carbons (Fsp3) is 0.474. The molecule has 1 fully saturated rings. The van der Waals surface area contributed by atoms with Crippen LogP contribution in [-0.4, -0.2) is 50.6 Å². The van der Waals surface area contributed by atoms with E-state index in [4.69, 9.17) is 0 Å². The zero-order chi connectivity index (χ0) is 18.5. The van der Waals surface area contributed by atoms with Crippen LogP contribution in [0.1, 0.15) is 43.5 Å². The highest BCUT2D eigenvalue weighted by atomic mass is 16.2. The molecule has 0 bridgehead atoms. The summed E-state index contributed by atoms with van der Waals surface area (Å²) in [4.78, 5) is 30.7. The fourth-order valence-corrected chi connectivity index (χ4v) is 3.08. The molecule has 2 amide bonds. The minimum atomic E-state index is -0.128. The van der Waals surface area contributed by atoms with Gasteiger partial charge < -0.3 is 10.2 Å². The summed E-state index contributed by atoms with van der Waals surface area (Å²) < 4.78 is 1.64. The highest BCUT2D eigenvalue weighted by molar-refractivity contribution is 5.94. The summed E-state index contributed by atoms with van der Waals surface area (Å²) in [5.74, 6) is 1.13. The average molecular weight is 355 g/mol. The Bertz CT molecular complexity index is 732. The molecule has 2 aromatic rings. The van der Waals surface area contributed by atoms with Gasteiger partial charge >= 0.3 is 0 Å². The highest BCUT2D eigenvalue weighted by Crippen LogP contribution is 2.14. The second-order valence-corrected chi connectivity index (χ2v) is 7.08. The van der Waals surface area contributed by atoms with Crippen LogP contribution in [0.2, 0.25) is 0 Å². The van der Waals surface area contributed by atoms with Crippen molar-refractivity contribution in [1.82, 2.24) is 25.0 Å². The summed E-state index contributed by atoms with van der Waals surface area (Å²) in [7, 11) is 0. The van der Waals surface area contributed by atoms with E-state index in [0.717, 1.165) is 12.8 Å². The molecule has 3 rings (SSSR count). The van der Waals surface area contributed by atoms with Gasteiger partial charge in [-0.2, -0.15) is 5.10 Å². The quantitative estimate of drug-likeness (QED) is 0.890. The topological polar surface area (TPSA) is 80.1 Å². The Kier molecular flexibility index (Phi) is 5.65. The number of rotatable bonds is 5. The first-order valence-electron chi connectivity index (χ1n) is 9.07. The van der Waals surface area contributed by atoms with E-state index in [1.54, 1.807) is 35.4 Å². The Morgan fingerprint density at radius 2 is 2.04 bits per heavy atom. The molecule has 0 saturated carbocycles. The largest absolute Gasteiger partial charge is 0.349 e. The van der Waals surface area contributed by atoms with Crippen LogP contribution >= 0.6 is 0 Å². The lowest BCUT2D eigenvalue weighted by atomic mass is 10.0. The first kappa shape index (κ1) is 18.1. The van der Waals surface area contributed by atoms with Crippen molar-refractivity contribution in [3.05, 3.63) is 42.4 Å². The van der Waals surface area contributed by atoms with Gasteiger partial charge in [-0.15, -0.1) is 0 Å². The predicted molar refractivity (Wildman–Crippen MR) is 97.9 cm³/mol. The molecular weight excluding hydrogens is 330 g/mol. The van der Waals surface area contributed by atoms with Crippen molar-refractivity contribution in [1.29, 1.82) is 0 Å². The van der Waals surface area contributed by atoms with E-state index < -0.39 is 0 Å². The van der Waals surface area contributed by atoms with Gasteiger partial charge in [0.25, 0.3) is 5.91 Å². The van der Waals surface area contributed by atoms with Crippen LogP contribution in [0.3, 0.4) is 0 Å². The van der Waals surface area contributed by atoms with Gasteiger partial charge in [0.1, 0.15) is 0 Å². The van der Waals surface area contributed by atoms with Crippen molar-refractivity contribution in [2.75, 3.05) is 13.1 Å². The van der Waals surface area contributed by atoms with E-state index in [9.17, 15) is 9.59 Å². The van der Waals surface area contributed by atoms with Crippen LogP contribution in [0.25, 0.3) is 5.82 Å². The highest BCUT2D eigenvalue weighted by Gasteiger charge is 2.24. The SMILES string of the molecule is CC(C)CC(=O)N1CCC(NC(=O)c2ccc(-n3cccn3)nc2)CC1. The summed E-state index contributed by atoms with van der Waals surface area (Å²) in [5, 5.41) is 7.17. The molecule has 26 heavy (non-hydrogen) atoms. The Hall–Kier alpha value is -2.70. The maximum atomic E-state index is 12.4. The molecular formula is C19H25N5O2. The molecule has 1 N–H and O–H groups in total. The van der Waals surface area contributed by atoms with Crippen LogP contribution in [0, 0.1) is 5.92 Å². The molecule has 0 atom stereocenters. The van der Waals surface area contributed by atoms with Crippen LogP contribution < -0.4 is 5.32 Å². The van der Waals surface area contributed by atoms with Gasteiger partial charge in [-0.1, -0.05) is 13.8 Å². The van der Waals surface area contributed by atoms with Crippen LogP contribution in [0.5, 0.6) is 0 Å². The van der Waals surface area contributed by atoms with Gasteiger partial charge in [0.05, 0.1) is 5.56 Å². The Balaban J connectivity index is 1.50. The van der Waals surface area contributed by atoms with Gasteiger partial charge in [0.15, 0.2) is 5.82 Å². The third-order valence-electron chi connectivity index (χ3n) is 4.51. The first-order chi connectivity index (χ1) is 12.5. The predicted octanol–water partition coefficient (Wildman–Crippen LogP) is 2.03. The van der Waals surface area contributed by atoms with E-state index in [1.165, 1.54) is 0 Å². The number of amides is 2. The van der Waals surface area contributed by atoms with Gasteiger partial charge in [-0.25, -0.2) is 9.67 Å². The number of carbonyl (C=O) groups excluding carboxylic acids is 2. The average Bonchev–Trinajstić information content (AvgIpc) is 3.16. The molecule has 3 heterocycles. The van der Waals surface area contributed by atoms with Crippen molar-refractivity contribution in [2.45, 2.75) is 39.2 Å². The second-order valence-electron chi connectivity index (χ2n) is 7.08. The minimum absolute atomic E-state index is 0.0939. The van der Waals surface area contributed by atoms with Gasteiger partial charge in [0, 0.05) is 44.1 Å². The van der Waals surface area contributed by atoms with Crippen LogP contribution in [0.4, 0.5) is 0 Å². The normalized spacial score (nSPS) is 15.3. The Labute approximate surface area is 153 Å². The Morgan fingerprint density at radius 1 is 1.27 bits per heavy atom. The molecule has 0 aromatic carbocycles. The summed E-state index contributed by atoms with van der Waals surface area (Å²) >= 11 is 0. The number of hydrogen-bond acceptors (Lipinski definition) is 4. The van der Waals surface area contributed by atoms with Crippen molar-refractivity contribution < 1.29 is 9.59 Å². The van der Waals surface area contributed by atoms with Crippen molar-refractivity contribution >= 4 is 11.8 Å². The number of likely N-dealkylation sites (tertiary alicyclic amines) is 1. The molecule has 0 spiro atoms. The molecule has 0 aliphatic carbocycles. The standard InChI is InChI=1S/C19H25N5O2/c1-14(2)12-18(25)23-10-6-16(7-11-23)22-19(26)15-4-5-17(20-13-15)24-9-3-8-21-24/h3-5,8-9,13-14,16H,6-7,10-12H2,1-2H3,(H,22,26). The first-order valence-corrected chi connectivity index (χ1v) is 9.07. The zero-order valence-corrected chi connectivity index (χ0v) is 15.3. The number of aromatic nitrogens is 3. The maximum absolute atomic E-state index is 12.4. The fourth-order valence-electron chi connectivity index (χ4n) is 3.08. The smallest absolute Gasteiger partial charge is 0.253 e. The molecule has 7 heteroatoms. The molecule has 1 aliphatic heterocycles. The van der Waals surface area contributed by atoms with E-state index in [0.29, 0.717) is 36.8 Å². The molecule has 1 saturated heterocycles. The minimum Gasteiger partial charge on any atom is -0.349 e. The number of carbonyl (C=O) groups is 2.